The van der Waals surface area contributed by atoms with Crippen molar-refractivity contribution in [3.05, 3.63) is 0 Å². The molecule has 1 unspecified atom stereocenters. The van der Waals surface area contributed by atoms with Crippen molar-refractivity contribution in [3.8, 4) is 0 Å². The molecule has 0 radical (unpaired) electrons. The van der Waals surface area contributed by atoms with Gasteiger partial charge in [-0.15, -0.1) is 0 Å². The fourth-order valence-corrected chi connectivity index (χ4v) is 1.29. The molecular formula is C11H26N2. The zero-order chi connectivity index (χ0) is 10.5. The summed E-state index contributed by atoms with van der Waals surface area (Å²) < 4.78 is 0. The molecule has 0 amide bonds. The van der Waals surface area contributed by atoms with E-state index in [-0.39, 0.29) is 0 Å². The van der Waals surface area contributed by atoms with Crippen LogP contribution in [0.5, 0.6) is 0 Å². The number of hydrogen-bond acceptors (Lipinski definition) is 2. The Morgan fingerprint density at radius 3 is 2.23 bits per heavy atom. The molecule has 0 aromatic rings. The highest BCUT2D eigenvalue weighted by Crippen LogP contribution is 2.22. The Bertz CT molecular complexity index is 127. The molecule has 13 heavy (non-hydrogen) atoms. The Morgan fingerprint density at radius 2 is 1.85 bits per heavy atom. The van der Waals surface area contributed by atoms with Crippen LogP contribution in [0.4, 0.5) is 0 Å². The van der Waals surface area contributed by atoms with Gasteiger partial charge in [-0.05, 0) is 25.9 Å². The highest BCUT2D eigenvalue weighted by molar-refractivity contribution is 4.77. The van der Waals surface area contributed by atoms with Crippen molar-refractivity contribution in [1.82, 2.24) is 10.2 Å². The predicted octanol–water partition coefficient (Wildman–Crippen LogP) is 1.96. The third-order valence-corrected chi connectivity index (χ3v) is 2.81. The molecule has 0 aliphatic heterocycles. The zero-order valence-corrected chi connectivity index (χ0v) is 10.1. The van der Waals surface area contributed by atoms with Crippen molar-refractivity contribution in [1.29, 1.82) is 0 Å². The minimum Gasteiger partial charge on any atom is -0.316 e. The van der Waals surface area contributed by atoms with Gasteiger partial charge in [0.2, 0.25) is 0 Å². The van der Waals surface area contributed by atoms with Crippen molar-refractivity contribution in [2.45, 2.75) is 40.7 Å². The lowest BCUT2D eigenvalue weighted by Gasteiger charge is -2.35. The lowest BCUT2D eigenvalue weighted by molar-refractivity contribution is 0.142. The maximum Gasteiger partial charge on any atom is 0.0113 e. The topological polar surface area (TPSA) is 15.3 Å². The average molecular weight is 186 g/mol. The Balaban J connectivity index is 3.76. The first-order valence-corrected chi connectivity index (χ1v) is 5.30. The molecule has 0 fully saturated rings. The maximum atomic E-state index is 3.34. The van der Waals surface area contributed by atoms with Crippen LogP contribution < -0.4 is 5.32 Å². The van der Waals surface area contributed by atoms with Gasteiger partial charge in [0.1, 0.15) is 0 Å². The molecule has 0 saturated carbocycles. The first-order chi connectivity index (χ1) is 5.89. The van der Waals surface area contributed by atoms with E-state index in [1.54, 1.807) is 0 Å². The Kier molecular flexibility index (Phi) is 5.57. The predicted molar refractivity (Wildman–Crippen MR) is 60.1 cm³/mol. The maximum absolute atomic E-state index is 3.34. The SMILES string of the molecule is CCNCCN(C)C(C)C(C)(C)C. The van der Waals surface area contributed by atoms with Gasteiger partial charge >= 0.3 is 0 Å². The van der Waals surface area contributed by atoms with Crippen LogP contribution in [0.2, 0.25) is 0 Å². The first-order valence-electron chi connectivity index (χ1n) is 5.30. The molecule has 0 bridgehead atoms. The standard InChI is InChI=1S/C11H26N2/c1-7-12-8-9-13(6)10(2)11(3,4)5/h10,12H,7-9H2,1-6H3. The Hall–Kier alpha value is -0.0800. The highest BCUT2D eigenvalue weighted by atomic mass is 15.1. The van der Waals surface area contributed by atoms with Crippen LogP contribution in [0.1, 0.15) is 34.6 Å². The van der Waals surface area contributed by atoms with Gasteiger partial charge in [0.25, 0.3) is 0 Å². The van der Waals surface area contributed by atoms with Crippen molar-refractivity contribution in [2.24, 2.45) is 5.41 Å². The van der Waals surface area contributed by atoms with Gasteiger partial charge in [0.15, 0.2) is 0 Å². The molecule has 80 valence electrons. The summed E-state index contributed by atoms with van der Waals surface area (Å²) in [6.07, 6.45) is 0. The Labute approximate surface area is 83.7 Å². The minimum absolute atomic E-state index is 0.376. The van der Waals surface area contributed by atoms with Crippen LogP contribution in [-0.4, -0.2) is 37.6 Å². The van der Waals surface area contributed by atoms with E-state index in [0.29, 0.717) is 11.5 Å². The van der Waals surface area contributed by atoms with Crippen LogP contribution >= 0.6 is 0 Å². The third kappa shape index (κ3) is 5.27. The van der Waals surface area contributed by atoms with E-state index in [4.69, 9.17) is 0 Å². The molecule has 0 saturated heterocycles. The summed E-state index contributed by atoms with van der Waals surface area (Å²) in [7, 11) is 2.20. The summed E-state index contributed by atoms with van der Waals surface area (Å²) in [6, 6.07) is 0.631. The largest absolute Gasteiger partial charge is 0.316 e. The summed E-state index contributed by atoms with van der Waals surface area (Å²) in [5.74, 6) is 0. The van der Waals surface area contributed by atoms with Gasteiger partial charge in [-0.1, -0.05) is 27.7 Å². The summed E-state index contributed by atoms with van der Waals surface area (Å²) in [4.78, 5) is 2.42. The smallest absolute Gasteiger partial charge is 0.0113 e. The molecule has 0 aromatic carbocycles. The fraction of sp³-hybridized carbons (Fsp3) is 1.00. The van der Waals surface area contributed by atoms with Crippen molar-refractivity contribution < 1.29 is 0 Å². The number of nitrogens with zero attached hydrogens (tertiary/aromatic N) is 1. The van der Waals surface area contributed by atoms with Gasteiger partial charge < -0.3 is 10.2 Å². The van der Waals surface area contributed by atoms with Crippen molar-refractivity contribution in [3.63, 3.8) is 0 Å². The second-order valence-corrected chi connectivity index (χ2v) is 4.88. The van der Waals surface area contributed by atoms with Gasteiger partial charge in [0.05, 0.1) is 0 Å². The molecule has 0 rings (SSSR count). The molecular weight excluding hydrogens is 160 g/mol. The number of rotatable bonds is 5. The molecule has 2 nitrogen and oxygen atoms in total. The van der Waals surface area contributed by atoms with Crippen molar-refractivity contribution >= 4 is 0 Å². The van der Waals surface area contributed by atoms with Gasteiger partial charge in [-0.2, -0.15) is 0 Å². The number of nitrogens with one attached hydrogen (secondary N) is 1. The van der Waals surface area contributed by atoms with Gasteiger partial charge in [-0.3, -0.25) is 0 Å². The summed E-state index contributed by atoms with van der Waals surface area (Å²) in [5, 5.41) is 3.34. The molecule has 2 heteroatoms. The van der Waals surface area contributed by atoms with Crippen molar-refractivity contribution in [2.75, 3.05) is 26.7 Å². The summed E-state index contributed by atoms with van der Waals surface area (Å²) >= 11 is 0. The van der Waals surface area contributed by atoms with E-state index >= 15 is 0 Å². The molecule has 0 heterocycles. The Morgan fingerprint density at radius 1 is 1.31 bits per heavy atom. The molecule has 1 N–H and O–H groups in total. The summed E-state index contributed by atoms with van der Waals surface area (Å²) in [5.41, 5.74) is 0.376. The molecule has 1 atom stereocenters. The number of hydrogen-bond donors (Lipinski definition) is 1. The van der Waals surface area contributed by atoms with E-state index in [1.807, 2.05) is 0 Å². The third-order valence-electron chi connectivity index (χ3n) is 2.81. The van der Waals surface area contributed by atoms with E-state index in [0.717, 1.165) is 19.6 Å². The molecule has 0 spiro atoms. The molecule has 0 aliphatic carbocycles. The lowest BCUT2D eigenvalue weighted by Crippen LogP contribution is -2.42. The molecule has 0 aromatic heterocycles. The normalized spacial score (nSPS) is 15.0. The second kappa shape index (κ2) is 5.61. The highest BCUT2D eigenvalue weighted by Gasteiger charge is 2.22. The lowest BCUT2D eigenvalue weighted by atomic mass is 9.87. The van der Waals surface area contributed by atoms with E-state index in [1.165, 1.54) is 0 Å². The van der Waals surface area contributed by atoms with Crippen LogP contribution in [-0.2, 0) is 0 Å². The minimum atomic E-state index is 0.376. The monoisotopic (exact) mass is 186 g/mol. The quantitative estimate of drug-likeness (QED) is 0.660. The van der Waals surface area contributed by atoms with Crippen LogP contribution in [0.15, 0.2) is 0 Å². The van der Waals surface area contributed by atoms with Gasteiger partial charge in [-0.25, -0.2) is 0 Å². The molecule has 0 aliphatic rings. The number of likely N-dealkylation sites (N-methyl/N-ethyl adjacent to an activating group) is 2. The van der Waals surface area contributed by atoms with Gasteiger partial charge in [0, 0.05) is 19.1 Å². The van der Waals surface area contributed by atoms with Crippen LogP contribution in [0.25, 0.3) is 0 Å². The van der Waals surface area contributed by atoms with Crippen LogP contribution in [0.3, 0.4) is 0 Å². The zero-order valence-electron chi connectivity index (χ0n) is 10.1. The fourth-order valence-electron chi connectivity index (χ4n) is 1.29. The van der Waals surface area contributed by atoms with E-state index in [9.17, 15) is 0 Å². The summed E-state index contributed by atoms with van der Waals surface area (Å²) in [6.45, 7) is 14.6. The average Bonchev–Trinajstić information content (AvgIpc) is 2.01. The first kappa shape index (κ1) is 12.9. The van der Waals surface area contributed by atoms with Crippen LogP contribution in [0, 0.1) is 5.41 Å². The van der Waals surface area contributed by atoms with E-state index < -0.39 is 0 Å². The second-order valence-electron chi connectivity index (χ2n) is 4.88. The van der Waals surface area contributed by atoms with E-state index in [2.05, 4.69) is 51.9 Å².